The molecule has 1 unspecified atom stereocenters. The summed E-state index contributed by atoms with van der Waals surface area (Å²) in [7, 11) is -1.75. The maximum atomic E-state index is 12.8. The fourth-order valence-corrected chi connectivity index (χ4v) is 4.44. The quantitative estimate of drug-likeness (QED) is 0.867. The summed E-state index contributed by atoms with van der Waals surface area (Å²) in [5.41, 5.74) is 2.32. The van der Waals surface area contributed by atoms with Gasteiger partial charge in [0.25, 0.3) is 10.2 Å². The zero-order valence-corrected chi connectivity index (χ0v) is 14.6. The Morgan fingerprint density at radius 2 is 1.95 bits per heavy atom. The van der Waals surface area contributed by atoms with E-state index in [-0.39, 0.29) is 6.04 Å². The van der Waals surface area contributed by atoms with Crippen LogP contribution in [0, 0.1) is 0 Å². The molecule has 1 aliphatic heterocycles. The predicted molar refractivity (Wildman–Crippen MR) is 90.0 cm³/mol. The van der Waals surface area contributed by atoms with E-state index in [2.05, 4.69) is 36.5 Å². The fourth-order valence-electron chi connectivity index (χ4n) is 2.83. The lowest BCUT2D eigenvalue weighted by Gasteiger charge is -2.37. The number of hydrogen-bond acceptors (Lipinski definition) is 3. The van der Waals surface area contributed by atoms with Gasteiger partial charge in [0.15, 0.2) is 0 Å². The molecule has 6 heteroatoms. The van der Waals surface area contributed by atoms with Crippen molar-refractivity contribution in [3.8, 4) is 0 Å². The molecule has 1 atom stereocenters. The van der Waals surface area contributed by atoms with Gasteiger partial charge in [-0.1, -0.05) is 38.1 Å². The topological polar surface area (TPSA) is 52.7 Å². The largest absolute Gasteiger partial charge is 0.313 e. The van der Waals surface area contributed by atoms with E-state index in [9.17, 15) is 8.42 Å². The Morgan fingerprint density at radius 1 is 1.27 bits per heavy atom. The minimum absolute atomic E-state index is 0.135. The third-order valence-corrected chi connectivity index (χ3v) is 6.20. The Balaban J connectivity index is 2.27. The van der Waals surface area contributed by atoms with Gasteiger partial charge in [-0.15, -0.1) is 0 Å². The lowest BCUT2D eigenvalue weighted by Crippen LogP contribution is -2.52. The van der Waals surface area contributed by atoms with Crippen LogP contribution in [0.1, 0.15) is 37.4 Å². The van der Waals surface area contributed by atoms with Gasteiger partial charge in [0.2, 0.25) is 0 Å². The number of piperazine rings is 1. The van der Waals surface area contributed by atoms with E-state index in [1.807, 2.05) is 6.92 Å². The first-order chi connectivity index (χ1) is 10.5. The lowest BCUT2D eigenvalue weighted by molar-refractivity contribution is 0.252. The van der Waals surface area contributed by atoms with E-state index in [0.29, 0.717) is 26.2 Å². The molecule has 0 aromatic heterocycles. The zero-order valence-electron chi connectivity index (χ0n) is 13.7. The second kappa shape index (κ2) is 7.55. The van der Waals surface area contributed by atoms with Gasteiger partial charge >= 0.3 is 0 Å². The molecule has 1 aromatic carbocycles. The summed E-state index contributed by atoms with van der Waals surface area (Å²) in [6, 6.07) is 8.15. The first-order valence-electron chi connectivity index (χ1n) is 8.03. The van der Waals surface area contributed by atoms with Gasteiger partial charge in [-0.2, -0.15) is 17.0 Å². The van der Waals surface area contributed by atoms with Crippen molar-refractivity contribution in [1.29, 1.82) is 0 Å². The number of hydrogen-bond donors (Lipinski definition) is 1. The summed E-state index contributed by atoms with van der Waals surface area (Å²) in [6.07, 6.45) is 1.81. The lowest BCUT2D eigenvalue weighted by atomic mass is 10.0. The normalized spacial score (nSPS) is 20.5. The molecule has 2 rings (SSSR count). The molecule has 0 spiro atoms. The van der Waals surface area contributed by atoms with Gasteiger partial charge in [-0.3, -0.25) is 0 Å². The molecular weight excluding hydrogens is 298 g/mol. The van der Waals surface area contributed by atoms with Gasteiger partial charge in [-0.05, 0) is 24.0 Å². The first kappa shape index (κ1) is 17.4. The summed E-state index contributed by atoms with van der Waals surface area (Å²) in [5.74, 6) is 0. The SMILES string of the molecule is CCCN(C)S(=O)(=O)N1CCNCC1c1ccc(CC)cc1. The maximum absolute atomic E-state index is 12.8. The van der Waals surface area contributed by atoms with Crippen molar-refractivity contribution in [1.82, 2.24) is 13.9 Å². The highest BCUT2D eigenvalue weighted by Gasteiger charge is 2.35. The van der Waals surface area contributed by atoms with Crippen molar-refractivity contribution >= 4 is 10.2 Å². The second-order valence-electron chi connectivity index (χ2n) is 5.76. The minimum atomic E-state index is -3.41. The number of aryl methyl sites for hydroxylation is 1. The van der Waals surface area contributed by atoms with E-state index in [1.54, 1.807) is 11.4 Å². The van der Waals surface area contributed by atoms with Crippen LogP contribution in [0.25, 0.3) is 0 Å². The highest BCUT2D eigenvalue weighted by atomic mass is 32.2. The van der Waals surface area contributed by atoms with Crippen molar-refractivity contribution in [2.24, 2.45) is 0 Å². The van der Waals surface area contributed by atoms with Gasteiger partial charge in [0, 0.05) is 33.2 Å². The predicted octanol–water partition coefficient (Wildman–Crippen LogP) is 1.78. The number of nitrogens with one attached hydrogen (secondary N) is 1. The van der Waals surface area contributed by atoms with E-state index in [0.717, 1.165) is 18.4 Å². The molecule has 1 fully saturated rings. The third-order valence-electron chi connectivity index (χ3n) is 4.20. The number of rotatable bonds is 6. The highest BCUT2D eigenvalue weighted by Crippen LogP contribution is 2.26. The van der Waals surface area contributed by atoms with Gasteiger partial charge < -0.3 is 5.32 Å². The molecule has 0 radical (unpaired) electrons. The van der Waals surface area contributed by atoms with Gasteiger partial charge in [-0.25, -0.2) is 0 Å². The molecule has 1 N–H and O–H groups in total. The number of benzene rings is 1. The van der Waals surface area contributed by atoms with Crippen molar-refractivity contribution < 1.29 is 8.42 Å². The molecule has 22 heavy (non-hydrogen) atoms. The molecule has 0 amide bonds. The van der Waals surface area contributed by atoms with E-state index >= 15 is 0 Å². The number of nitrogens with zero attached hydrogens (tertiary/aromatic N) is 2. The molecule has 124 valence electrons. The van der Waals surface area contributed by atoms with Crippen molar-refractivity contribution in [3.05, 3.63) is 35.4 Å². The molecule has 0 aliphatic carbocycles. The van der Waals surface area contributed by atoms with E-state index in [1.165, 1.54) is 9.87 Å². The van der Waals surface area contributed by atoms with Crippen molar-refractivity contribution in [2.45, 2.75) is 32.7 Å². The molecule has 1 aromatic rings. The summed E-state index contributed by atoms with van der Waals surface area (Å²) in [4.78, 5) is 0. The monoisotopic (exact) mass is 325 g/mol. The van der Waals surface area contributed by atoms with Crippen LogP contribution in [-0.2, 0) is 16.6 Å². The molecular formula is C16H27N3O2S. The summed E-state index contributed by atoms with van der Waals surface area (Å²) < 4.78 is 28.7. The van der Waals surface area contributed by atoms with Crippen LogP contribution in [0.4, 0.5) is 0 Å². The highest BCUT2D eigenvalue weighted by molar-refractivity contribution is 7.86. The zero-order chi connectivity index (χ0) is 16.2. The summed E-state index contributed by atoms with van der Waals surface area (Å²) >= 11 is 0. The van der Waals surface area contributed by atoms with Crippen molar-refractivity contribution in [3.63, 3.8) is 0 Å². The molecule has 1 saturated heterocycles. The Bertz CT molecular complexity index is 572. The average molecular weight is 325 g/mol. The van der Waals surface area contributed by atoms with E-state index in [4.69, 9.17) is 0 Å². The molecule has 1 heterocycles. The van der Waals surface area contributed by atoms with Crippen LogP contribution in [-0.4, -0.2) is 50.3 Å². The minimum Gasteiger partial charge on any atom is -0.313 e. The van der Waals surface area contributed by atoms with Crippen LogP contribution in [0.2, 0.25) is 0 Å². The van der Waals surface area contributed by atoms with Crippen LogP contribution in [0.15, 0.2) is 24.3 Å². The smallest absolute Gasteiger partial charge is 0.282 e. The van der Waals surface area contributed by atoms with E-state index < -0.39 is 10.2 Å². The van der Waals surface area contributed by atoms with Crippen LogP contribution >= 0.6 is 0 Å². The van der Waals surface area contributed by atoms with Crippen LogP contribution in [0.5, 0.6) is 0 Å². The Labute approximate surface area is 134 Å². The first-order valence-corrected chi connectivity index (χ1v) is 9.43. The average Bonchev–Trinajstić information content (AvgIpc) is 2.55. The Kier molecular flexibility index (Phi) is 5.97. The van der Waals surface area contributed by atoms with Crippen molar-refractivity contribution in [2.75, 3.05) is 33.2 Å². The van der Waals surface area contributed by atoms with Crippen LogP contribution in [0.3, 0.4) is 0 Å². The molecule has 1 aliphatic rings. The Morgan fingerprint density at radius 3 is 2.55 bits per heavy atom. The molecule has 0 saturated carbocycles. The Hall–Kier alpha value is -0.950. The standard InChI is InChI=1S/C16H27N3O2S/c1-4-11-18(3)22(20,21)19-12-10-17-13-16(19)15-8-6-14(5-2)7-9-15/h6-9,16-17H,4-5,10-13H2,1-3H3. The second-order valence-corrected chi connectivity index (χ2v) is 7.74. The molecule has 0 bridgehead atoms. The summed E-state index contributed by atoms with van der Waals surface area (Å²) in [6.45, 7) is 6.52. The summed E-state index contributed by atoms with van der Waals surface area (Å²) in [5, 5.41) is 3.31. The maximum Gasteiger partial charge on any atom is 0.282 e. The van der Waals surface area contributed by atoms with Crippen LogP contribution < -0.4 is 5.32 Å². The molecule has 5 nitrogen and oxygen atoms in total. The van der Waals surface area contributed by atoms with Gasteiger partial charge in [0.1, 0.15) is 0 Å². The van der Waals surface area contributed by atoms with Gasteiger partial charge in [0.05, 0.1) is 6.04 Å². The fraction of sp³-hybridized carbons (Fsp3) is 0.625. The third kappa shape index (κ3) is 3.68.